The third-order valence-electron chi connectivity index (χ3n) is 5.47. The van der Waals surface area contributed by atoms with Gasteiger partial charge in [-0.05, 0) is 62.1 Å². The molecular weight excluding hydrogens is 376 g/mol. The zero-order valence-electron chi connectivity index (χ0n) is 18.2. The second-order valence-electron chi connectivity index (χ2n) is 9.06. The first kappa shape index (κ1) is 20.4. The number of amides is 1. The van der Waals surface area contributed by atoms with Crippen LogP contribution in [0.15, 0.2) is 42.6 Å². The van der Waals surface area contributed by atoms with E-state index in [4.69, 9.17) is 4.74 Å². The second-order valence-corrected chi connectivity index (χ2v) is 9.06. The molecule has 0 atom stereocenters. The summed E-state index contributed by atoms with van der Waals surface area (Å²) >= 11 is 0. The van der Waals surface area contributed by atoms with Crippen LogP contribution in [-0.2, 0) is 11.3 Å². The molecule has 0 aliphatic carbocycles. The van der Waals surface area contributed by atoms with Crippen molar-refractivity contribution in [1.29, 1.82) is 0 Å². The molecule has 4 rings (SSSR count). The van der Waals surface area contributed by atoms with Crippen LogP contribution in [0.2, 0.25) is 0 Å². The van der Waals surface area contributed by atoms with Crippen LogP contribution in [0.1, 0.15) is 31.9 Å². The number of piperazine rings is 1. The quantitative estimate of drug-likeness (QED) is 0.691. The number of fused-ring (bicyclic) bond motifs is 1. The molecular formula is C24H30N4O2. The molecule has 2 heterocycles. The van der Waals surface area contributed by atoms with E-state index in [1.165, 1.54) is 22.3 Å². The van der Waals surface area contributed by atoms with E-state index in [2.05, 4.69) is 58.4 Å². The number of aromatic amines is 1. The van der Waals surface area contributed by atoms with E-state index in [-0.39, 0.29) is 6.09 Å². The molecule has 6 heteroatoms. The Kier molecular flexibility index (Phi) is 5.52. The highest BCUT2D eigenvalue weighted by atomic mass is 16.6. The summed E-state index contributed by atoms with van der Waals surface area (Å²) in [4.78, 5) is 16.4. The number of aryl methyl sites for hydroxylation is 1. The third-order valence-corrected chi connectivity index (χ3v) is 5.47. The maximum atomic E-state index is 12.2. The van der Waals surface area contributed by atoms with Gasteiger partial charge < -0.3 is 9.64 Å². The molecule has 1 aliphatic heterocycles. The van der Waals surface area contributed by atoms with Crippen molar-refractivity contribution < 1.29 is 9.53 Å². The summed E-state index contributed by atoms with van der Waals surface area (Å²) in [6.45, 7) is 11.9. The second kappa shape index (κ2) is 8.11. The minimum atomic E-state index is -0.449. The molecule has 1 aromatic heterocycles. The first-order valence-corrected chi connectivity index (χ1v) is 10.5. The molecule has 0 saturated carbocycles. The van der Waals surface area contributed by atoms with Gasteiger partial charge in [0.1, 0.15) is 5.60 Å². The lowest BCUT2D eigenvalue weighted by molar-refractivity contribution is 0.0139. The summed E-state index contributed by atoms with van der Waals surface area (Å²) in [6, 6.07) is 13.1. The van der Waals surface area contributed by atoms with Crippen LogP contribution in [0.3, 0.4) is 0 Å². The van der Waals surface area contributed by atoms with Gasteiger partial charge in [-0.3, -0.25) is 10.00 Å². The Balaban J connectivity index is 1.38. The van der Waals surface area contributed by atoms with E-state index in [0.29, 0.717) is 13.1 Å². The SMILES string of the molecule is Cc1cc(CN2CCN(C(=O)OC(C)(C)C)CC2)ccc1-c1ccc2[nH]ncc2c1. The molecule has 1 N–H and O–H groups in total. The van der Waals surface area contributed by atoms with Gasteiger partial charge in [0.25, 0.3) is 0 Å². The summed E-state index contributed by atoms with van der Waals surface area (Å²) in [5.41, 5.74) is 5.62. The van der Waals surface area contributed by atoms with E-state index in [9.17, 15) is 4.79 Å². The molecule has 1 aliphatic rings. The maximum absolute atomic E-state index is 12.2. The van der Waals surface area contributed by atoms with Crippen LogP contribution in [-0.4, -0.2) is 57.9 Å². The molecule has 1 saturated heterocycles. The highest BCUT2D eigenvalue weighted by Gasteiger charge is 2.25. The van der Waals surface area contributed by atoms with E-state index >= 15 is 0 Å². The van der Waals surface area contributed by atoms with Gasteiger partial charge in [-0.15, -0.1) is 0 Å². The van der Waals surface area contributed by atoms with Gasteiger partial charge in [-0.25, -0.2) is 4.79 Å². The standard InChI is InChI=1S/C24H30N4O2/c1-17-13-18(5-7-21(17)19-6-8-22-20(14-19)15-25-26-22)16-27-9-11-28(12-10-27)23(29)30-24(2,3)4/h5-8,13-15H,9-12,16H2,1-4H3,(H,25,26). The van der Waals surface area contributed by atoms with Gasteiger partial charge >= 0.3 is 6.09 Å². The first-order valence-electron chi connectivity index (χ1n) is 10.5. The van der Waals surface area contributed by atoms with Gasteiger partial charge in [0.15, 0.2) is 0 Å². The fourth-order valence-electron chi connectivity index (χ4n) is 3.93. The van der Waals surface area contributed by atoms with Crippen molar-refractivity contribution in [2.75, 3.05) is 26.2 Å². The number of nitrogens with one attached hydrogen (secondary N) is 1. The number of carbonyl (C=O) groups is 1. The zero-order chi connectivity index (χ0) is 21.3. The first-order chi connectivity index (χ1) is 14.3. The number of carbonyl (C=O) groups excluding carboxylic acids is 1. The van der Waals surface area contributed by atoms with Gasteiger partial charge in [0.05, 0.1) is 11.7 Å². The molecule has 158 valence electrons. The van der Waals surface area contributed by atoms with Crippen LogP contribution in [0.5, 0.6) is 0 Å². The van der Waals surface area contributed by atoms with Crippen molar-refractivity contribution in [3.63, 3.8) is 0 Å². The number of rotatable bonds is 3. The molecule has 0 unspecified atom stereocenters. The molecule has 2 aromatic carbocycles. The minimum absolute atomic E-state index is 0.211. The largest absolute Gasteiger partial charge is 0.444 e. The zero-order valence-corrected chi connectivity index (χ0v) is 18.2. The van der Waals surface area contributed by atoms with Crippen molar-refractivity contribution in [2.24, 2.45) is 0 Å². The fourth-order valence-corrected chi connectivity index (χ4v) is 3.93. The van der Waals surface area contributed by atoms with Gasteiger partial charge in [-0.1, -0.05) is 24.3 Å². The van der Waals surface area contributed by atoms with E-state index < -0.39 is 5.60 Å². The number of aromatic nitrogens is 2. The minimum Gasteiger partial charge on any atom is -0.444 e. The lowest BCUT2D eigenvalue weighted by Crippen LogP contribution is -2.49. The number of benzene rings is 2. The predicted octanol–water partition coefficient (Wildman–Crippen LogP) is 4.59. The van der Waals surface area contributed by atoms with E-state index in [0.717, 1.165) is 30.5 Å². The van der Waals surface area contributed by atoms with Crippen LogP contribution in [0.25, 0.3) is 22.0 Å². The van der Waals surface area contributed by atoms with Crippen molar-refractivity contribution in [2.45, 2.75) is 39.8 Å². The Labute approximate surface area is 177 Å². The van der Waals surface area contributed by atoms with Crippen LogP contribution in [0, 0.1) is 6.92 Å². The monoisotopic (exact) mass is 406 g/mol. The van der Waals surface area contributed by atoms with Crippen LogP contribution in [0.4, 0.5) is 4.79 Å². The molecule has 30 heavy (non-hydrogen) atoms. The Hall–Kier alpha value is -2.86. The molecule has 0 bridgehead atoms. The average Bonchev–Trinajstić information content (AvgIpc) is 3.15. The van der Waals surface area contributed by atoms with Crippen molar-refractivity contribution in [1.82, 2.24) is 20.0 Å². The molecule has 6 nitrogen and oxygen atoms in total. The van der Waals surface area contributed by atoms with E-state index in [1.54, 1.807) is 0 Å². The highest BCUT2D eigenvalue weighted by molar-refractivity contribution is 5.84. The number of hydrogen-bond acceptors (Lipinski definition) is 4. The molecule has 1 fully saturated rings. The Morgan fingerprint density at radius 2 is 1.87 bits per heavy atom. The Morgan fingerprint density at radius 1 is 1.10 bits per heavy atom. The number of nitrogens with zero attached hydrogens (tertiary/aromatic N) is 3. The van der Waals surface area contributed by atoms with E-state index in [1.807, 2.05) is 31.9 Å². The van der Waals surface area contributed by atoms with Crippen LogP contribution < -0.4 is 0 Å². The summed E-state index contributed by atoms with van der Waals surface area (Å²) < 4.78 is 5.49. The van der Waals surface area contributed by atoms with Gasteiger partial charge in [0, 0.05) is 38.1 Å². The highest BCUT2D eigenvalue weighted by Crippen LogP contribution is 2.27. The van der Waals surface area contributed by atoms with Crippen molar-refractivity contribution in [3.8, 4) is 11.1 Å². The molecule has 0 radical (unpaired) electrons. The van der Waals surface area contributed by atoms with Gasteiger partial charge in [-0.2, -0.15) is 5.10 Å². The lowest BCUT2D eigenvalue weighted by atomic mass is 9.97. The summed E-state index contributed by atoms with van der Waals surface area (Å²) in [7, 11) is 0. The number of ether oxygens (including phenoxy) is 1. The average molecular weight is 407 g/mol. The normalized spacial score (nSPS) is 15.5. The Bertz CT molecular complexity index is 1040. The van der Waals surface area contributed by atoms with Crippen molar-refractivity contribution >= 4 is 17.0 Å². The van der Waals surface area contributed by atoms with Crippen molar-refractivity contribution in [3.05, 3.63) is 53.7 Å². The predicted molar refractivity (Wildman–Crippen MR) is 119 cm³/mol. The smallest absolute Gasteiger partial charge is 0.410 e. The molecule has 1 amide bonds. The lowest BCUT2D eigenvalue weighted by Gasteiger charge is -2.35. The Morgan fingerprint density at radius 3 is 2.57 bits per heavy atom. The molecule has 3 aromatic rings. The fraction of sp³-hybridized carbons (Fsp3) is 0.417. The van der Waals surface area contributed by atoms with Gasteiger partial charge in [0.2, 0.25) is 0 Å². The summed E-state index contributed by atoms with van der Waals surface area (Å²) in [5, 5.41) is 8.23. The van der Waals surface area contributed by atoms with Crippen LogP contribution >= 0.6 is 0 Å². The number of H-pyrrole nitrogens is 1. The molecule has 0 spiro atoms. The maximum Gasteiger partial charge on any atom is 0.410 e. The summed E-state index contributed by atoms with van der Waals surface area (Å²) in [6.07, 6.45) is 1.65. The topological polar surface area (TPSA) is 61.5 Å². The third kappa shape index (κ3) is 4.65. The summed E-state index contributed by atoms with van der Waals surface area (Å²) in [5.74, 6) is 0. The number of hydrogen-bond donors (Lipinski definition) is 1.